The van der Waals surface area contributed by atoms with Gasteiger partial charge in [-0.15, -0.1) is 0 Å². The molecule has 2 atom stereocenters. The van der Waals surface area contributed by atoms with Gasteiger partial charge in [0.2, 0.25) is 5.91 Å². The van der Waals surface area contributed by atoms with Crippen LogP contribution in [-0.4, -0.2) is 36.0 Å². The van der Waals surface area contributed by atoms with Crippen molar-refractivity contribution in [2.24, 2.45) is 5.92 Å². The van der Waals surface area contributed by atoms with Crippen molar-refractivity contribution in [2.45, 2.75) is 25.5 Å². The average molecular weight is 277 g/mol. The molecule has 1 aromatic carbocycles. The highest BCUT2D eigenvalue weighted by Gasteiger charge is 2.39. The molecular weight excluding hydrogens is 258 g/mol. The second-order valence-electron chi connectivity index (χ2n) is 5.06. The molecule has 5 nitrogen and oxygen atoms in total. The van der Waals surface area contributed by atoms with Crippen molar-refractivity contribution in [3.05, 3.63) is 35.4 Å². The summed E-state index contributed by atoms with van der Waals surface area (Å²) in [4.78, 5) is 25.0. The third-order valence-corrected chi connectivity index (χ3v) is 3.85. The molecule has 1 amide bonds. The summed E-state index contributed by atoms with van der Waals surface area (Å²) in [6.45, 7) is 0.404. The quantitative estimate of drug-likeness (QED) is 0.911. The van der Waals surface area contributed by atoms with Crippen LogP contribution < -0.4 is 0 Å². The molecule has 0 aromatic heterocycles. The molecule has 0 bridgehead atoms. The molecule has 2 rings (SSSR count). The fraction of sp³-hybridized carbons (Fsp3) is 0.467. The monoisotopic (exact) mass is 277 g/mol. The number of carbonyl (C=O) groups is 2. The maximum Gasteiger partial charge on any atom is 0.308 e. The zero-order valence-electron chi connectivity index (χ0n) is 11.7. The van der Waals surface area contributed by atoms with Crippen LogP contribution in [0.15, 0.2) is 24.3 Å². The van der Waals surface area contributed by atoms with Gasteiger partial charge in [-0.25, -0.2) is 0 Å². The first-order valence-corrected chi connectivity index (χ1v) is 6.61. The van der Waals surface area contributed by atoms with Gasteiger partial charge in [0.05, 0.1) is 18.6 Å². The number of ether oxygens (including phenoxy) is 1. The van der Waals surface area contributed by atoms with Crippen LogP contribution >= 0.6 is 0 Å². The summed E-state index contributed by atoms with van der Waals surface area (Å²) in [5.41, 5.74) is 1.78. The Morgan fingerprint density at radius 2 is 2.15 bits per heavy atom. The number of hydrogen-bond donors (Lipinski definition) is 1. The number of piperidine rings is 1. The van der Waals surface area contributed by atoms with Crippen molar-refractivity contribution < 1.29 is 19.4 Å². The first-order chi connectivity index (χ1) is 9.56. The van der Waals surface area contributed by atoms with E-state index in [0.717, 1.165) is 11.1 Å². The number of carbonyl (C=O) groups excluding carboxylic acids is 1. The molecule has 0 saturated carbocycles. The summed E-state index contributed by atoms with van der Waals surface area (Å²) in [6, 6.07) is 7.10. The molecule has 1 aliphatic heterocycles. The third kappa shape index (κ3) is 2.67. The van der Waals surface area contributed by atoms with Crippen molar-refractivity contribution >= 4 is 11.9 Å². The fourth-order valence-corrected chi connectivity index (χ4v) is 2.83. The third-order valence-electron chi connectivity index (χ3n) is 3.85. The Morgan fingerprint density at radius 1 is 1.45 bits per heavy atom. The van der Waals surface area contributed by atoms with E-state index >= 15 is 0 Å². The smallest absolute Gasteiger partial charge is 0.308 e. The van der Waals surface area contributed by atoms with Crippen molar-refractivity contribution in [3.63, 3.8) is 0 Å². The van der Waals surface area contributed by atoms with Crippen LogP contribution in [0.5, 0.6) is 0 Å². The van der Waals surface area contributed by atoms with Crippen molar-refractivity contribution in [2.75, 3.05) is 14.2 Å². The van der Waals surface area contributed by atoms with Gasteiger partial charge >= 0.3 is 5.97 Å². The van der Waals surface area contributed by atoms with Crippen LogP contribution in [0.4, 0.5) is 0 Å². The number of methoxy groups -OCH3 is 1. The van der Waals surface area contributed by atoms with Gasteiger partial charge in [0, 0.05) is 20.6 Å². The standard InChI is InChI=1S/C15H19NO4/c1-16-13(17)8-7-12(15(18)19)14(16)11-6-4-3-5-10(11)9-20-2/h3-6,12,14H,7-9H2,1-2H3,(H,18,19). The number of nitrogens with zero attached hydrogens (tertiary/aromatic N) is 1. The highest BCUT2D eigenvalue weighted by atomic mass is 16.5. The minimum atomic E-state index is -0.860. The molecular formula is C15H19NO4. The number of carboxylic acids is 1. The Morgan fingerprint density at radius 3 is 2.80 bits per heavy atom. The van der Waals surface area contributed by atoms with E-state index < -0.39 is 17.9 Å². The fourth-order valence-electron chi connectivity index (χ4n) is 2.83. The molecule has 0 spiro atoms. The number of carboxylic acid groups (broad SMARTS) is 1. The minimum Gasteiger partial charge on any atom is -0.481 e. The van der Waals surface area contributed by atoms with Crippen LogP contribution in [0.1, 0.15) is 30.0 Å². The van der Waals surface area contributed by atoms with Gasteiger partial charge in [0.25, 0.3) is 0 Å². The van der Waals surface area contributed by atoms with Gasteiger partial charge in [0.15, 0.2) is 0 Å². The largest absolute Gasteiger partial charge is 0.481 e. The normalized spacial score (nSPS) is 22.9. The van der Waals surface area contributed by atoms with Crippen LogP contribution in [0, 0.1) is 5.92 Å². The predicted octanol–water partition coefficient (Wildman–Crippen LogP) is 1.83. The SMILES string of the molecule is COCc1ccccc1C1C(C(=O)O)CCC(=O)N1C. The van der Waals surface area contributed by atoms with Gasteiger partial charge in [-0.1, -0.05) is 24.3 Å². The number of hydrogen-bond acceptors (Lipinski definition) is 3. The average Bonchev–Trinajstić information content (AvgIpc) is 2.42. The topological polar surface area (TPSA) is 66.8 Å². The maximum atomic E-state index is 11.9. The van der Waals surface area contributed by atoms with Crippen molar-refractivity contribution in [3.8, 4) is 0 Å². The Balaban J connectivity index is 2.44. The highest BCUT2D eigenvalue weighted by Crippen LogP contribution is 2.37. The van der Waals surface area contributed by atoms with E-state index in [1.54, 1.807) is 19.1 Å². The molecule has 0 aliphatic carbocycles. The van der Waals surface area contributed by atoms with E-state index in [1.165, 1.54) is 0 Å². The van der Waals surface area contributed by atoms with E-state index in [4.69, 9.17) is 4.74 Å². The molecule has 20 heavy (non-hydrogen) atoms. The zero-order valence-corrected chi connectivity index (χ0v) is 11.7. The Kier molecular flexibility index (Phi) is 4.39. The zero-order chi connectivity index (χ0) is 14.7. The summed E-state index contributed by atoms with van der Waals surface area (Å²) in [5, 5.41) is 9.43. The van der Waals surface area contributed by atoms with E-state index in [0.29, 0.717) is 13.0 Å². The molecule has 1 saturated heterocycles. The summed E-state index contributed by atoms with van der Waals surface area (Å²) < 4.78 is 5.17. The molecule has 0 radical (unpaired) electrons. The number of benzene rings is 1. The highest BCUT2D eigenvalue weighted by molar-refractivity contribution is 5.81. The summed E-state index contributed by atoms with van der Waals surface area (Å²) >= 11 is 0. The molecule has 1 aliphatic rings. The number of likely N-dealkylation sites (tertiary alicyclic amines) is 1. The lowest BCUT2D eigenvalue weighted by molar-refractivity contribution is -0.150. The summed E-state index contributed by atoms with van der Waals surface area (Å²) in [6.07, 6.45) is 0.668. The number of aliphatic carboxylic acids is 1. The van der Waals surface area contributed by atoms with Crippen molar-refractivity contribution in [1.82, 2.24) is 4.90 Å². The van der Waals surface area contributed by atoms with E-state index in [1.807, 2.05) is 24.3 Å². The second-order valence-corrected chi connectivity index (χ2v) is 5.06. The van der Waals surface area contributed by atoms with Gasteiger partial charge in [-0.05, 0) is 17.5 Å². The number of rotatable bonds is 4. The Hall–Kier alpha value is -1.88. The lowest BCUT2D eigenvalue weighted by atomic mass is 9.83. The first kappa shape index (κ1) is 14.5. The Labute approximate surface area is 118 Å². The summed E-state index contributed by atoms with van der Waals surface area (Å²) in [7, 11) is 3.27. The van der Waals surface area contributed by atoms with Crippen LogP contribution in [0.25, 0.3) is 0 Å². The Bertz CT molecular complexity index is 514. The molecule has 2 unspecified atom stereocenters. The summed E-state index contributed by atoms with van der Waals surface area (Å²) in [5.74, 6) is -1.45. The number of amides is 1. The first-order valence-electron chi connectivity index (χ1n) is 6.61. The van der Waals surface area contributed by atoms with E-state index in [9.17, 15) is 14.7 Å². The molecule has 1 aromatic rings. The minimum absolute atomic E-state index is 0.0141. The molecule has 1 fully saturated rings. The van der Waals surface area contributed by atoms with Crippen molar-refractivity contribution in [1.29, 1.82) is 0 Å². The van der Waals surface area contributed by atoms with Gasteiger partial charge in [-0.2, -0.15) is 0 Å². The molecule has 5 heteroatoms. The molecule has 1 N–H and O–H groups in total. The lowest BCUT2D eigenvalue weighted by Gasteiger charge is -2.38. The maximum absolute atomic E-state index is 11.9. The molecule has 108 valence electrons. The van der Waals surface area contributed by atoms with E-state index in [2.05, 4.69) is 0 Å². The second kappa shape index (κ2) is 6.05. The van der Waals surface area contributed by atoms with Crippen LogP contribution in [0.2, 0.25) is 0 Å². The van der Waals surface area contributed by atoms with Crippen LogP contribution in [0.3, 0.4) is 0 Å². The van der Waals surface area contributed by atoms with Gasteiger partial charge in [-0.3, -0.25) is 9.59 Å². The van der Waals surface area contributed by atoms with E-state index in [-0.39, 0.29) is 12.3 Å². The predicted molar refractivity (Wildman–Crippen MR) is 73.0 cm³/mol. The molecule has 1 heterocycles. The van der Waals surface area contributed by atoms with Gasteiger partial charge < -0.3 is 14.7 Å². The van der Waals surface area contributed by atoms with Gasteiger partial charge in [0.1, 0.15) is 0 Å². The van der Waals surface area contributed by atoms with Crippen LogP contribution in [-0.2, 0) is 20.9 Å². The lowest BCUT2D eigenvalue weighted by Crippen LogP contribution is -2.43.